The number of hydrogen-bond donors (Lipinski definition) is 0. The molecule has 76 valence electrons. The molecule has 0 amide bonds. The summed E-state index contributed by atoms with van der Waals surface area (Å²) in [5.74, 6) is 0. The van der Waals surface area contributed by atoms with Gasteiger partial charge in [0, 0.05) is 13.2 Å². The van der Waals surface area contributed by atoms with Crippen LogP contribution in [0.5, 0.6) is 0 Å². The van der Waals surface area contributed by atoms with E-state index in [0.717, 1.165) is 0 Å². The van der Waals surface area contributed by atoms with E-state index in [1.807, 2.05) is 0 Å². The van der Waals surface area contributed by atoms with Gasteiger partial charge in [0.05, 0.1) is 12.7 Å². The number of halogens is 3. The summed E-state index contributed by atoms with van der Waals surface area (Å²) in [4.78, 5) is 0. The van der Waals surface area contributed by atoms with Gasteiger partial charge in [-0.2, -0.15) is 0 Å². The summed E-state index contributed by atoms with van der Waals surface area (Å²) in [7, 11) is 0. The van der Waals surface area contributed by atoms with E-state index in [9.17, 15) is 12.9 Å². The van der Waals surface area contributed by atoms with Gasteiger partial charge in [0.2, 0.25) is 0 Å². The summed E-state index contributed by atoms with van der Waals surface area (Å²) >= 11 is 0. The molecule has 2 nitrogen and oxygen atoms in total. The maximum atomic E-state index is 12.0. The molecule has 0 aromatic rings. The van der Waals surface area contributed by atoms with Crippen LogP contribution < -0.4 is 51.4 Å². The predicted octanol–water partition coefficient (Wildman–Crippen LogP) is -1.26. The van der Waals surface area contributed by atoms with Gasteiger partial charge in [-0.15, -0.1) is 12.1 Å². The van der Waals surface area contributed by atoms with E-state index in [4.69, 9.17) is 9.47 Å². The van der Waals surface area contributed by atoms with Crippen LogP contribution in [-0.4, -0.2) is 32.9 Å². The van der Waals surface area contributed by atoms with Crippen LogP contribution in [0, 0.1) is 0 Å². The van der Waals surface area contributed by atoms with E-state index >= 15 is 0 Å². The third-order valence-electron chi connectivity index (χ3n) is 1.86. The van der Waals surface area contributed by atoms with Crippen LogP contribution in [0.15, 0.2) is 12.1 Å². The molecule has 0 aromatic heterocycles. The molecule has 1 atom stereocenters. The van der Waals surface area contributed by atoms with Gasteiger partial charge in [-0.3, -0.25) is 0 Å². The molecule has 0 spiro atoms. The molecule has 0 N–H and O–H groups in total. The summed E-state index contributed by atoms with van der Waals surface area (Å²) in [6.07, 6.45) is 0.466. The molecule has 0 radical (unpaired) electrons. The number of hydrogen-bond acceptors (Lipinski definition) is 2. The molecule has 1 fully saturated rings. The molecule has 1 heterocycles. The first-order valence-electron chi connectivity index (χ1n) is 4.07. The van der Waals surface area contributed by atoms with Gasteiger partial charge < -0.3 is 22.4 Å². The fraction of sp³-hybridized carbons (Fsp3) is 0.714. The maximum absolute atomic E-state index is 12.0. The molecular weight excluding hydrogens is 223 g/mol. The zero-order valence-electron chi connectivity index (χ0n) is 8.14. The molecule has 0 bridgehead atoms. The predicted molar refractivity (Wildman–Crippen MR) is 43.4 cm³/mol. The summed E-state index contributed by atoms with van der Waals surface area (Å²) < 4.78 is 45.8. The summed E-state index contributed by atoms with van der Waals surface area (Å²) in [6, 6.07) is 0. The molecule has 1 aliphatic rings. The second kappa shape index (κ2) is 6.67. The van der Waals surface area contributed by atoms with Crippen molar-refractivity contribution in [3.63, 3.8) is 0 Å². The van der Waals surface area contributed by atoms with Gasteiger partial charge in [0.1, 0.15) is 0 Å². The number of ether oxygens (including phenoxy) is 2. The Labute approximate surface area is 124 Å². The molecule has 0 aromatic carbocycles. The van der Waals surface area contributed by atoms with Gasteiger partial charge in [-0.25, -0.2) is 0 Å². The minimum Gasteiger partial charge on any atom is -0.445 e. The first kappa shape index (κ1) is 15.2. The SMILES string of the molecule is C=C(COC1CCOC1)[B-](F)(F)F.[K+]. The fourth-order valence-electron chi connectivity index (χ4n) is 0.964. The van der Waals surface area contributed by atoms with Crippen molar-refractivity contribution in [1.82, 2.24) is 0 Å². The third kappa shape index (κ3) is 5.29. The summed E-state index contributed by atoms with van der Waals surface area (Å²) in [5.41, 5.74) is -0.785. The minimum atomic E-state index is -4.95. The van der Waals surface area contributed by atoms with E-state index in [2.05, 4.69) is 6.58 Å². The van der Waals surface area contributed by atoms with Crippen LogP contribution >= 0.6 is 0 Å². The molecule has 0 saturated carbocycles. The van der Waals surface area contributed by atoms with Crippen molar-refractivity contribution in [1.29, 1.82) is 0 Å². The van der Waals surface area contributed by atoms with Crippen LogP contribution in [-0.2, 0) is 9.47 Å². The Kier molecular flexibility index (Phi) is 7.22. The van der Waals surface area contributed by atoms with Gasteiger partial charge in [0.25, 0.3) is 0 Å². The van der Waals surface area contributed by atoms with E-state index < -0.39 is 19.1 Å². The van der Waals surface area contributed by atoms with Crippen molar-refractivity contribution in [3.8, 4) is 0 Å². The minimum absolute atomic E-state index is 0. The van der Waals surface area contributed by atoms with Crippen molar-refractivity contribution >= 4 is 6.98 Å². The second-order valence-electron chi connectivity index (χ2n) is 3.03. The van der Waals surface area contributed by atoms with Crippen LogP contribution in [0.1, 0.15) is 6.42 Å². The van der Waals surface area contributed by atoms with Crippen LogP contribution in [0.2, 0.25) is 0 Å². The Morgan fingerprint density at radius 1 is 1.50 bits per heavy atom. The van der Waals surface area contributed by atoms with Crippen molar-refractivity contribution < 1.29 is 73.8 Å². The van der Waals surface area contributed by atoms with Gasteiger partial charge in [-0.1, -0.05) is 0 Å². The van der Waals surface area contributed by atoms with Crippen LogP contribution in [0.4, 0.5) is 12.9 Å². The topological polar surface area (TPSA) is 18.5 Å². The zero-order chi connectivity index (χ0) is 9.90. The summed E-state index contributed by atoms with van der Waals surface area (Å²) in [6.45, 7) is -1.51. The molecular formula is C7H11BF3KO2. The van der Waals surface area contributed by atoms with Crippen LogP contribution in [0.3, 0.4) is 0 Å². The molecule has 1 unspecified atom stereocenters. The molecule has 0 aliphatic carbocycles. The molecule has 1 rings (SSSR count). The van der Waals surface area contributed by atoms with Crippen LogP contribution in [0.25, 0.3) is 0 Å². The Morgan fingerprint density at radius 2 is 2.14 bits per heavy atom. The Balaban J connectivity index is 0.00000169. The van der Waals surface area contributed by atoms with E-state index in [-0.39, 0.29) is 57.5 Å². The van der Waals surface area contributed by atoms with Crippen molar-refractivity contribution in [3.05, 3.63) is 12.1 Å². The molecule has 7 heteroatoms. The van der Waals surface area contributed by atoms with Crippen molar-refractivity contribution in [2.75, 3.05) is 19.8 Å². The fourth-order valence-corrected chi connectivity index (χ4v) is 0.964. The maximum Gasteiger partial charge on any atom is 1.00 e. The van der Waals surface area contributed by atoms with Crippen molar-refractivity contribution in [2.24, 2.45) is 0 Å². The molecule has 1 aliphatic heterocycles. The van der Waals surface area contributed by atoms with Gasteiger partial charge in [-0.05, 0) is 6.42 Å². The normalized spacial score (nSPS) is 21.8. The monoisotopic (exact) mass is 234 g/mol. The Morgan fingerprint density at radius 3 is 2.57 bits per heavy atom. The zero-order valence-corrected chi connectivity index (χ0v) is 11.3. The molecule has 14 heavy (non-hydrogen) atoms. The van der Waals surface area contributed by atoms with Gasteiger partial charge in [0.15, 0.2) is 0 Å². The summed E-state index contributed by atoms with van der Waals surface area (Å²) in [5, 5.41) is 0. The van der Waals surface area contributed by atoms with E-state index in [0.29, 0.717) is 19.6 Å². The van der Waals surface area contributed by atoms with Crippen molar-refractivity contribution in [2.45, 2.75) is 12.5 Å². The average Bonchev–Trinajstić information content (AvgIpc) is 2.50. The largest absolute Gasteiger partial charge is 1.00 e. The van der Waals surface area contributed by atoms with E-state index in [1.165, 1.54) is 0 Å². The Bertz CT molecular complexity index is 192. The average molecular weight is 234 g/mol. The first-order chi connectivity index (χ1) is 6.00. The van der Waals surface area contributed by atoms with E-state index in [1.54, 1.807) is 0 Å². The Hall–Kier alpha value is 1.15. The second-order valence-corrected chi connectivity index (χ2v) is 3.03. The van der Waals surface area contributed by atoms with Gasteiger partial charge >= 0.3 is 58.4 Å². The number of rotatable bonds is 4. The first-order valence-corrected chi connectivity index (χ1v) is 4.07. The third-order valence-corrected chi connectivity index (χ3v) is 1.86. The molecule has 1 saturated heterocycles. The quantitative estimate of drug-likeness (QED) is 0.565. The standard InChI is InChI=1S/C7H11BF3O2.K/c1-6(8(9,10)11)4-13-7-2-3-12-5-7;/h7H,1-5H2;/q-1;+1. The smallest absolute Gasteiger partial charge is 0.445 e.